The van der Waals surface area contributed by atoms with Crippen molar-refractivity contribution in [2.24, 2.45) is 0 Å². The minimum Gasteiger partial charge on any atom is -0.396 e. The Bertz CT molecular complexity index is 370. The first kappa shape index (κ1) is 12.0. The summed E-state index contributed by atoms with van der Waals surface area (Å²) in [6.45, 7) is 1.21. The molecular weight excluding hydrogens is 245 g/mol. The van der Waals surface area contributed by atoms with Crippen LogP contribution in [0.2, 0.25) is 10.0 Å². The number of rotatable bonds is 3. The lowest BCUT2D eigenvalue weighted by Gasteiger charge is -2.27. The van der Waals surface area contributed by atoms with Crippen molar-refractivity contribution in [3.63, 3.8) is 0 Å². The molecule has 1 N–H and O–H groups in total. The van der Waals surface area contributed by atoms with E-state index in [0.717, 1.165) is 31.5 Å². The van der Waals surface area contributed by atoms with Crippen LogP contribution in [0.1, 0.15) is 19.3 Å². The van der Waals surface area contributed by atoms with E-state index in [1.165, 1.54) is 0 Å². The normalized spacial score (nSPS) is 20.4. The van der Waals surface area contributed by atoms with E-state index in [4.69, 9.17) is 28.3 Å². The lowest BCUT2D eigenvalue weighted by molar-refractivity contribution is 0.276. The van der Waals surface area contributed by atoms with Crippen LogP contribution in [0.5, 0.6) is 0 Å². The zero-order valence-electron chi connectivity index (χ0n) is 9.00. The molecule has 0 aliphatic carbocycles. The van der Waals surface area contributed by atoms with Gasteiger partial charge in [0, 0.05) is 19.2 Å². The average molecular weight is 260 g/mol. The molecule has 0 amide bonds. The molecule has 1 fully saturated rings. The van der Waals surface area contributed by atoms with E-state index >= 15 is 0 Å². The maximum Gasteiger partial charge on any atom is 0.0825 e. The average Bonchev–Trinajstić information content (AvgIpc) is 2.71. The van der Waals surface area contributed by atoms with Crippen molar-refractivity contribution in [2.75, 3.05) is 18.1 Å². The highest BCUT2D eigenvalue weighted by Gasteiger charge is 2.25. The molecule has 0 bridgehead atoms. The highest BCUT2D eigenvalue weighted by Crippen LogP contribution is 2.36. The number of hydrogen-bond acceptors (Lipinski definition) is 2. The van der Waals surface area contributed by atoms with Crippen LogP contribution < -0.4 is 4.90 Å². The van der Waals surface area contributed by atoms with E-state index in [1.54, 1.807) is 6.07 Å². The van der Waals surface area contributed by atoms with Crippen LogP contribution in [0.15, 0.2) is 18.2 Å². The van der Waals surface area contributed by atoms with Gasteiger partial charge in [-0.3, -0.25) is 0 Å². The summed E-state index contributed by atoms with van der Waals surface area (Å²) in [6.07, 6.45) is 3.06. The van der Waals surface area contributed by atoms with Gasteiger partial charge in [-0.25, -0.2) is 0 Å². The lowest BCUT2D eigenvalue weighted by Crippen LogP contribution is -2.30. The van der Waals surface area contributed by atoms with Gasteiger partial charge in [-0.1, -0.05) is 29.3 Å². The summed E-state index contributed by atoms with van der Waals surface area (Å²) in [5.74, 6) is 0. The van der Waals surface area contributed by atoms with Crippen LogP contribution in [0.25, 0.3) is 0 Å². The van der Waals surface area contributed by atoms with Crippen molar-refractivity contribution in [1.82, 2.24) is 0 Å². The predicted molar refractivity (Wildman–Crippen MR) is 68.5 cm³/mol. The van der Waals surface area contributed by atoms with Crippen molar-refractivity contribution in [2.45, 2.75) is 25.3 Å². The van der Waals surface area contributed by atoms with Gasteiger partial charge < -0.3 is 10.0 Å². The quantitative estimate of drug-likeness (QED) is 0.900. The van der Waals surface area contributed by atoms with Gasteiger partial charge in [0.25, 0.3) is 0 Å². The summed E-state index contributed by atoms with van der Waals surface area (Å²) in [5, 5.41) is 10.2. The maximum atomic E-state index is 9.03. The Hall–Kier alpha value is -0.440. The van der Waals surface area contributed by atoms with Crippen LogP contribution in [0.4, 0.5) is 5.69 Å². The lowest BCUT2D eigenvalue weighted by atomic mass is 10.1. The summed E-state index contributed by atoms with van der Waals surface area (Å²) in [6, 6.07) is 6.09. The maximum absolute atomic E-state index is 9.03. The second kappa shape index (κ2) is 5.26. The number of anilines is 1. The molecule has 0 saturated carbocycles. The summed E-state index contributed by atoms with van der Waals surface area (Å²) < 4.78 is 0. The van der Waals surface area contributed by atoms with E-state index in [1.807, 2.05) is 12.1 Å². The SMILES string of the molecule is OCCC1CCCN1c1cccc(Cl)c1Cl. The van der Waals surface area contributed by atoms with E-state index in [0.29, 0.717) is 16.1 Å². The summed E-state index contributed by atoms with van der Waals surface area (Å²) in [4.78, 5) is 2.25. The van der Waals surface area contributed by atoms with Crippen molar-refractivity contribution in [3.8, 4) is 0 Å². The third-order valence-electron chi connectivity index (χ3n) is 3.08. The Morgan fingerprint density at radius 1 is 1.38 bits per heavy atom. The van der Waals surface area contributed by atoms with Crippen molar-refractivity contribution in [3.05, 3.63) is 28.2 Å². The van der Waals surface area contributed by atoms with Crippen LogP contribution in [0, 0.1) is 0 Å². The third-order valence-corrected chi connectivity index (χ3v) is 3.89. The fourth-order valence-corrected chi connectivity index (χ4v) is 2.72. The Labute approximate surface area is 106 Å². The highest BCUT2D eigenvalue weighted by atomic mass is 35.5. The second-order valence-corrected chi connectivity index (χ2v) is 4.86. The monoisotopic (exact) mass is 259 g/mol. The molecule has 1 aromatic rings. The molecule has 1 aliphatic heterocycles. The van der Waals surface area contributed by atoms with E-state index < -0.39 is 0 Å². The van der Waals surface area contributed by atoms with E-state index in [-0.39, 0.29) is 6.61 Å². The van der Waals surface area contributed by atoms with Crippen LogP contribution >= 0.6 is 23.2 Å². The Morgan fingerprint density at radius 2 is 2.19 bits per heavy atom. The van der Waals surface area contributed by atoms with Crippen LogP contribution in [0.3, 0.4) is 0 Å². The number of aliphatic hydroxyl groups is 1. The first-order valence-corrected chi connectivity index (χ1v) is 6.31. The fourth-order valence-electron chi connectivity index (χ4n) is 2.32. The first-order valence-electron chi connectivity index (χ1n) is 5.55. The fraction of sp³-hybridized carbons (Fsp3) is 0.500. The Balaban J connectivity index is 2.25. The molecule has 0 spiro atoms. The number of halogens is 2. The molecule has 88 valence electrons. The van der Waals surface area contributed by atoms with Gasteiger partial charge in [0.1, 0.15) is 0 Å². The molecule has 16 heavy (non-hydrogen) atoms. The number of hydrogen-bond donors (Lipinski definition) is 1. The van der Waals surface area contributed by atoms with Gasteiger partial charge in [-0.15, -0.1) is 0 Å². The van der Waals surface area contributed by atoms with Gasteiger partial charge in [0.15, 0.2) is 0 Å². The molecule has 2 rings (SSSR count). The number of nitrogens with zero attached hydrogens (tertiary/aromatic N) is 1. The molecule has 1 atom stereocenters. The van der Waals surface area contributed by atoms with Gasteiger partial charge >= 0.3 is 0 Å². The molecule has 1 aromatic carbocycles. The van der Waals surface area contributed by atoms with Crippen molar-refractivity contribution < 1.29 is 5.11 Å². The topological polar surface area (TPSA) is 23.5 Å². The predicted octanol–water partition coefficient (Wildman–Crippen LogP) is 3.34. The molecular formula is C12H15Cl2NO. The van der Waals surface area contributed by atoms with E-state index in [2.05, 4.69) is 4.90 Å². The highest BCUT2D eigenvalue weighted by molar-refractivity contribution is 6.43. The minimum atomic E-state index is 0.222. The largest absolute Gasteiger partial charge is 0.396 e. The standard InChI is InChI=1S/C12H15Cl2NO/c13-10-4-1-5-11(12(10)14)15-7-2-3-9(15)6-8-16/h1,4-5,9,16H,2-3,6-8H2. The molecule has 1 saturated heterocycles. The number of aliphatic hydroxyl groups excluding tert-OH is 1. The Morgan fingerprint density at radius 3 is 2.94 bits per heavy atom. The van der Waals surface area contributed by atoms with Gasteiger partial charge in [-0.05, 0) is 31.4 Å². The minimum absolute atomic E-state index is 0.222. The first-order chi connectivity index (χ1) is 7.74. The summed E-state index contributed by atoms with van der Waals surface area (Å²) in [5.41, 5.74) is 0.991. The molecule has 1 aliphatic rings. The van der Waals surface area contributed by atoms with Gasteiger partial charge in [0.05, 0.1) is 15.7 Å². The zero-order chi connectivity index (χ0) is 11.5. The summed E-state index contributed by atoms with van der Waals surface area (Å²) in [7, 11) is 0. The van der Waals surface area contributed by atoms with Gasteiger partial charge in [-0.2, -0.15) is 0 Å². The summed E-state index contributed by atoms with van der Waals surface area (Å²) >= 11 is 12.2. The van der Waals surface area contributed by atoms with Crippen molar-refractivity contribution in [1.29, 1.82) is 0 Å². The van der Waals surface area contributed by atoms with Crippen LogP contribution in [-0.4, -0.2) is 24.3 Å². The molecule has 0 radical (unpaired) electrons. The zero-order valence-corrected chi connectivity index (χ0v) is 10.5. The molecule has 2 nitrogen and oxygen atoms in total. The van der Waals surface area contributed by atoms with E-state index in [9.17, 15) is 0 Å². The smallest absolute Gasteiger partial charge is 0.0825 e. The molecule has 0 aromatic heterocycles. The third kappa shape index (κ3) is 2.29. The molecule has 4 heteroatoms. The molecule has 1 unspecified atom stereocenters. The second-order valence-electron chi connectivity index (χ2n) is 4.07. The van der Waals surface area contributed by atoms with Gasteiger partial charge in [0.2, 0.25) is 0 Å². The van der Waals surface area contributed by atoms with Crippen LogP contribution in [-0.2, 0) is 0 Å². The number of benzene rings is 1. The Kier molecular flexibility index (Phi) is 3.95. The van der Waals surface area contributed by atoms with Crippen molar-refractivity contribution >= 4 is 28.9 Å². The molecule has 1 heterocycles.